The van der Waals surface area contributed by atoms with Crippen LogP contribution < -0.4 is 5.32 Å². The van der Waals surface area contributed by atoms with Gasteiger partial charge in [-0.3, -0.25) is 10.2 Å². The molecule has 4 aliphatic heterocycles. The average Bonchev–Trinajstić information content (AvgIpc) is 2.83. The highest BCUT2D eigenvalue weighted by atomic mass is 35.5. The number of aliphatic imine (C=N–C) groups is 1. The second-order valence-corrected chi connectivity index (χ2v) is 6.08. The van der Waals surface area contributed by atoms with Crippen LogP contribution in [0.25, 0.3) is 0 Å². The van der Waals surface area contributed by atoms with E-state index in [2.05, 4.69) is 25.2 Å². The molecule has 0 unspecified atom stereocenters. The second kappa shape index (κ2) is 4.56. The van der Waals surface area contributed by atoms with Crippen molar-refractivity contribution in [2.45, 2.75) is 18.4 Å². The zero-order chi connectivity index (χ0) is 13.6. The van der Waals surface area contributed by atoms with Crippen molar-refractivity contribution in [2.75, 3.05) is 31.5 Å². The molecular weight excluding hydrogens is 278 g/mol. The number of piperidine rings is 3. The summed E-state index contributed by atoms with van der Waals surface area (Å²) in [5.41, 5.74) is -0.129. The summed E-state index contributed by atoms with van der Waals surface area (Å²) >= 11 is 5.85. The van der Waals surface area contributed by atoms with Gasteiger partial charge in [-0.05, 0) is 25.9 Å². The molecule has 1 aromatic heterocycles. The molecule has 1 atom stereocenters. The Morgan fingerprint density at radius 3 is 2.90 bits per heavy atom. The topological polar surface area (TPSA) is 62.6 Å². The van der Waals surface area contributed by atoms with Crippen molar-refractivity contribution in [1.82, 2.24) is 14.9 Å². The van der Waals surface area contributed by atoms with Crippen LogP contribution in [0.5, 0.6) is 0 Å². The van der Waals surface area contributed by atoms with Crippen molar-refractivity contribution in [2.24, 2.45) is 10.9 Å². The fourth-order valence-corrected chi connectivity index (χ4v) is 3.61. The second-order valence-electron chi connectivity index (χ2n) is 5.69. The fourth-order valence-electron chi connectivity index (χ4n) is 3.46. The van der Waals surface area contributed by atoms with Crippen molar-refractivity contribution in [3.63, 3.8) is 0 Å². The summed E-state index contributed by atoms with van der Waals surface area (Å²) in [6, 6.07) is 2.21. The van der Waals surface area contributed by atoms with Crippen LogP contribution in [0, 0.1) is 5.92 Å². The Kier molecular flexibility index (Phi) is 2.82. The molecule has 2 bridgehead atoms. The SMILES string of the molecule is Clc1cc(NC2=NC[C@@]3(CN4CCC3CC4)O2)ncn1. The molecule has 106 valence electrons. The molecule has 7 heteroatoms. The van der Waals surface area contributed by atoms with Crippen LogP contribution in [0.3, 0.4) is 0 Å². The Labute approximate surface area is 122 Å². The molecule has 1 aromatic rings. The van der Waals surface area contributed by atoms with E-state index in [0.29, 0.717) is 22.9 Å². The molecule has 6 nitrogen and oxygen atoms in total. The average molecular weight is 294 g/mol. The molecule has 5 heterocycles. The van der Waals surface area contributed by atoms with Crippen molar-refractivity contribution in [3.05, 3.63) is 17.5 Å². The van der Waals surface area contributed by atoms with Gasteiger partial charge in [-0.15, -0.1) is 0 Å². The normalized spacial score (nSPS) is 35.0. The van der Waals surface area contributed by atoms with E-state index in [4.69, 9.17) is 16.3 Å². The summed E-state index contributed by atoms with van der Waals surface area (Å²) in [4.78, 5) is 14.9. The summed E-state index contributed by atoms with van der Waals surface area (Å²) < 4.78 is 6.16. The number of hydrogen-bond donors (Lipinski definition) is 1. The maximum Gasteiger partial charge on any atom is 0.291 e. The van der Waals surface area contributed by atoms with Crippen molar-refractivity contribution in [3.8, 4) is 0 Å². The third-order valence-corrected chi connectivity index (χ3v) is 4.69. The first-order valence-electron chi connectivity index (χ1n) is 6.94. The van der Waals surface area contributed by atoms with Crippen molar-refractivity contribution >= 4 is 23.4 Å². The van der Waals surface area contributed by atoms with Gasteiger partial charge in [-0.2, -0.15) is 0 Å². The van der Waals surface area contributed by atoms with E-state index in [1.807, 2.05) is 0 Å². The summed E-state index contributed by atoms with van der Waals surface area (Å²) in [5, 5.41) is 3.49. The number of rotatable bonds is 1. The van der Waals surface area contributed by atoms with Crippen molar-refractivity contribution < 1.29 is 4.74 Å². The summed E-state index contributed by atoms with van der Waals surface area (Å²) in [6.07, 6.45) is 3.84. The van der Waals surface area contributed by atoms with Crippen molar-refractivity contribution in [1.29, 1.82) is 0 Å². The van der Waals surface area contributed by atoms with Crippen LogP contribution in [-0.4, -0.2) is 52.7 Å². The number of nitrogens with zero attached hydrogens (tertiary/aromatic N) is 4. The fraction of sp³-hybridized carbons (Fsp3) is 0.615. The highest BCUT2D eigenvalue weighted by molar-refractivity contribution is 6.29. The monoisotopic (exact) mass is 293 g/mol. The van der Waals surface area contributed by atoms with E-state index < -0.39 is 0 Å². The molecule has 3 saturated heterocycles. The first-order chi connectivity index (χ1) is 9.73. The lowest BCUT2D eigenvalue weighted by Gasteiger charge is -2.50. The Morgan fingerprint density at radius 1 is 1.35 bits per heavy atom. The van der Waals surface area contributed by atoms with Crippen LogP contribution in [0.4, 0.5) is 5.82 Å². The maximum atomic E-state index is 6.16. The predicted octanol–water partition coefficient (Wildman–Crippen LogP) is 1.39. The van der Waals surface area contributed by atoms with Gasteiger partial charge in [0.1, 0.15) is 22.9 Å². The van der Waals surface area contributed by atoms with Crippen LogP contribution in [0.1, 0.15) is 12.8 Å². The molecule has 5 rings (SSSR count). The van der Waals surface area contributed by atoms with Crippen LogP contribution >= 0.6 is 11.6 Å². The molecule has 0 radical (unpaired) electrons. The van der Waals surface area contributed by atoms with E-state index in [0.717, 1.165) is 13.1 Å². The minimum atomic E-state index is -0.129. The molecule has 3 fully saturated rings. The quantitative estimate of drug-likeness (QED) is 0.793. The Bertz CT molecular complexity index is 557. The lowest BCUT2D eigenvalue weighted by Crippen LogP contribution is -2.61. The van der Waals surface area contributed by atoms with E-state index >= 15 is 0 Å². The maximum absolute atomic E-state index is 6.16. The number of hydrogen-bond acceptors (Lipinski definition) is 6. The van der Waals surface area contributed by atoms with Gasteiger partial charge in [0.15, 0.2) is 0 Å². The third-order valence-electron chi connectivity index (χ3n) is 4.48. The van der Waals surface area contributed by atoms with Crippen LogP contribution in [0.2, 0.25) is 5.15 Å². The Balaban J connectivity index is 1.48. The molecule has 0 aromatic carbocycles. The largest absolute Gasteiger partial charge is 0.455 e. The number of amidine groups is 1. The molecule has 1 N–H and O–H groups in total. The molecule has 20 heavy (non-hydrogen) atoms. The predicted molar refractivity (Wildman–Crippen MR) is 75.9 cm³/mol. The van der Waals surface area contributed by atoms with Gasteiger partial charge < -0.3 is 4.74 Å². The van der Waals surface area contributed by atoms with E-state index in [-0.39, 0.29) is 5.60 Å². The number of halogens is 1. The van der Waals surface area contributed by atoms with Crippen LogP contribution in [0.15, 0.2) is 17.4 Å². The van der Waals surface area contributed by atoms with Gasteiger partial charge in [0.05, 0.1) is 6.54 Å². The first kappa shape index (κ1) is 12.3. The first-order valence-corrected chi connectivity index (χ1v) is 7.32. The van der Waals surface area contributed by atoms with E-state index in [1.165, 1.54) is 32.3 Å². The summed E-state index contributed by atoms with van der Waals surface area (Å²) in [6.45, 7) is 4.10. The van der Waals surface area contributed by atoms with E-state index in [1.54, 1.807) is 6.07 Å². The number of aromatic nitrogens is 2. The molecular formula is C13H16ClN5O. The summed E-state index contributed by atoms with van der Waals surface area (Å²) in [7, 11) is 0. The Morgan fingerprint density at radius 2 is 2.20 bits per heavy atom. The molecule has 4 aliphatic rings. The minimum absolute atomic E-state index is 0.129. The molecule has 1 spiro atoms. The molecule has 0 amide bonds. The van der Waals surface area contributed by atoms with Gasteiger partial charge in [-0.25, -0.2) is 15.0 Å². The number of anilines is 1. The number of fused-ring (bicyclic) bond motifs is 2. The van der Waals surface area contributed by atoms with E-state index in [9.17, 15) is 0 Å². The summed E-state index contributed by atoms with van der Waals surface area (Å²) in [5.74, 6) is 1.23. The third kappa shape index (κ3) is 2.03. The lowest BCUT2D eigenvalue weighted by atomic mass is 9.75. The highest BCUT2D eigenvalue weighted by Crippen LogP contribution is 2.40. The zero-order valence-corrected chi connectivity index (χ0v) is 11.8. The zero-order valence-electron chi connectivity index (χ0n) is 11.0. The Hall–Kier alpha value is -1.40. The minimum Gasteiger partial charge on any atom is -0.455 e. The van der Waals surface area contributed by atoms with Crippen LogP contribution in [-0.2, 0) is 4.74 Å². The van der Waals surface area contributed by atoms with Gasteiger partial charge in [0.25, 0.3) is 6.02 Å². The van der Waals surface area contributed by atoms with Gasteiger partial charge in [0.2, 0.25) is 0 Å². The molecule has 0 saturated carbocycles. The van der Waals surface area contributed by atoms with Gasteiger partial charge in [-0.1, -0.05) is 11.6 Å². The lowest BCUT2D eigenvalue weighted by molar-refractivity contribution is -0.0829. The highest BCUT2D eigenvalue weighted by Gasteiger charge is 2.51. The molecule has 0 aliphatic carbocycles. The van der Waals surface area contributed by atoms with Gasteiger partial charge >= 0.3 is 0 Å². The van der Waals surface area contributed by atoms with Gasteiger partial charge in [0, 0.05) is 18.5 Å². The number of nitrogens with one attached hydrogen (secondary N) is 1. The standard InChI is InChI=1S/C13H16ClN5O/c14-10-5-11(17-8-16-10)18-12-15-6-13(20-12)7-19-3-1-9(13)2-4-19/h5,8-9H,1-4,6-7H2,(H,15,16,17,18)/t13-/m0/s1. The number of ether oxygens (including phenoxy) is 1. The smallest absolute Gasteiger partial charge is 0.291 e.